The lowest BCUT2D eigenvalue weighted by Gasteiger charge is -2.67. The van der Waals surface area contributed by atoms with Crippen LogP contribution < -0.4 is 0 Å². The minimum absolute atomic E-state index is 0.0111. The largest absolute Gasteiger partial charge is 0.394 e. The van der Waals surface area contributed by atoms with Gasteiger partial charge in [-0.1, -0.05) is 53.2 Å². The molecule has 5 aliphatic heterocycles. The van der Waals surface area contributed by atoms with Gasteiger partial charge in [-0.15, -0.1) is 0 Å². The summed E-state index contributed by atoms with van der Waals surface area (Å²) in [6.07, 6.45) is -33.7. The van der Waals surface area contributed by atoms with E-state index in [1.165, 1.54) is 13.8 Å². The molecule has 9 rings (SSSR count). The molecule has 5 heterocycles. The molecule has 0 amide bonds. The molecule has 0 spiro atoms. The van der Waals surface area contributed by atoms with Crippen molar-refractivity contribution in [2.45, 2.75) is 285 Å². The summed E-state index contributed by atoms with van der Waals surface area (Å²) < 4.78 is 59.6. The highest BCUT2D eigenvalue weighted by molar-refractivity contribution is 5.32. The molecule has 3 saturated carbocycles. The molecule has 4 aliphatic carbocycles. The molecule has 34 atom stereocenters. The van der Waals surface area contributed by atoms with Crippen molar-refractivity contribution in [2.24, 2.45) is 45.3 Å². The van der Waals surface area contributed by atoms with E-state index in [4.69, 9.17) is 47.4 Å². The lowest BCUT2D eigenvalue weighted by Crippen LogP contribution is -2.65. The van der Waals surface area contributed by atoms with Gasteiger partial charge in [0.05, 0.1) is 69.2 Å². The van der Waals surface area contributed by atoms with Gasteiger partial charge in [0.25, 0.3) is 0 Å². The van der Waals surface area contributed by atoms with E-state index < -0.39 is 215 Å². The van der Waals surface area contributed by atoms with E-state index in [-0.39, 0.29) is 47.3 Å². The van der Waals surface area contributed by atoms with Crippen LogP contribution in [0.25, 0.3) is 0 Å². The van der Waals surface area contributed by atoms with Gasteiger partial charge < -0.3 is 139 Å². The van der Waals surface area contributed by atoms with E-state index in [1.807, 2.05) is 13.8 Å². The zero-order valence-corrected chi connectivity index (χ0v) is 51.5. The highest BCUT2D eigenvalue weighted by Gasteiger charge is 2.70. The van der Waals surface area contributed by atoms with Crippen LogP contribution in [-0.4, -0.2) is 296 Å². The van der Waals surface area contributed by atoms with Crippen LogP contribution in [-0.2, 0) is 47.4 Å². The molecule has 510 valence electrons. The Morgan fingerprint density at radius 3 is 1.61 bits per heavy atom. The first-order valence-electron chi connectivity index (χ1n) is 31.4. The molecular weight excluding hydrogens is 1170 g/mol. The number of allylic oxidation sites excluding steroid dienone is 1. The molecule has 0 radical (unpaired) electrons. The maximum Gasteiger partial charge on any atom is 0.187 e. The number of rotatable bonds is 20. The Labute approximate surface area is 512 Å². The number of aliphatic hydroxyl groups is 18. The summed E-state index contributed by atoms with van der Waals surface area (Å²) in [6, 6.07) is 0. The minimum Gasteiger partial charge on any atom is -0.394 e. The highest BCUT2D eigenvalue weighted by atomic mass is 16.8. The summed E-state index contributed by atoms with van der Waals surface area (Å²) >= 11 is 0. The van der Waals surface area contributed by atoms with Crippen LogP contribution in [0.5, 0.6) is 0 Å². The fourth-order valence-corrected chi connectivity index (χ4v) is 17.0. The maximum atomic E-state index is 12.8. The van der Waals surface area contributed by atoms with Crippen molar-refractivity contribution in [1.82, 2.24) is 0 Å². The molecule has 18 N–H and O–H groups in total. The van der Waals surface area contributed by atoms with Gasteiger partial charge in [0, 0.05) is 17.3 Å². The predicted molar refractivity (Wildman–Crippen MR) is 299 cm³/mol. The second kappa shape index (κ2) is 27.4. The molecule has 28 nitrogen and oxygen atoms in total. The van der Waals surface area contributed by atoms with Crippen molar-refractivity contribution in [3.63, 3.8) is 0 Å². The minimum atomic E-state index is -1.89. The van der Waals surface area contributed by atoms with Crippen molar-refractivity contribution in [2.75, 3.05) is 33.0 Å². The lowest BCUT2D eigenvalue weighted by atomic mass is 9.38. The Hall–Kier alpha value is -1.38. The molecule has 0 aromatic carbocycles. The highest BCUT2D eigenvalue weighted by Crippen LogP contribution is 2.75. The molecule has 8 fully saturated rings. The average Bonchev–Trinajstić information content (AvgIpc) is 1.30. The smallest absolute Gasteiger partial charge is 0.187 e. The number of fused-ring (bicyclic) bond motifs is 5. The van der Waals surface area contributed by atoms with Crippen molar-refractivity contribution in [3.05, 3.63) is 11.6 Å². The van der Waals surface area contributed by atoms with Gasteiger partial charge in [-0.2, -0.15) is 0 Å². The second-order valence-electron chi connectivity index (χ2n) is 28.6. The van der Waals surface area contributed by atoms with Crippen LogP contribution >= 0.6 is 0 Å². The van der Waals surface area contributed by atoms with Crippen LogP contribution in [0.2, 0.25) is 0 Å². The lowest BCUT2D eigenvalue weighted by molar-refractivity contribution is -0.374. The van der Waals surface area contributed by atoms with Crippen LogP contribution in [0.3, 0.4) is 0 Å². The van der Waals surface area contributed by atoms with Crippen LogP contribution in [0, 0.1) is 45.3 Å². The normalized spacial score (nSPS) is 51.4. The SMILES string of the molecule is C[C@H](CC[C@@H](O[C@@H]1O[C@H](CO[C@@H]2O[C@H](CO)[C@@H](O)[C@H](O)[C@H]2O)[C@@H](O)[C@H](O)[C@H]1O[C@@H]1O[C@H](CO)C[C@H](O)[C@H]1O)C(C)(C)O)C1CC[C@@]2(C)C3CC=C4C(CC[C@H](O[C@@H]5O[C@H](CO[C@@H]6O[C@H](CO)[C@@H](O)[C@H](O)[C@H]6O)[C@@H](O)[C@H](O)[C@H]5O)C4(C)C)[C@]3(C)[C@H](O)C[C@]12C. The van der Waals surface area contributed by atoms with Crippen LogP contribution in [0.1, 0.15) is 113 Å². The molecule has 3 unspecified atom stereocenters. The molecule has 9 aliphatic rings. The molecular formula is C60H102O28. The summed E-state index contributed by atoms with van der Waals surface area (Å²) in [6.45, 7) is 13.0. The Bertz CT molecular complexity index is 2310. The third kappa shape index (κ3) is 13.0. The van der Waals surface area contributed by atoms with Gasteiger partial charge in [-0.05, 0) is 99.7 Å². The molecule has 0 bridgehead atoms. The standard InChI is InChI=1S/C60H102O28/c1-24(9-13-37(57(4,5)78)87-55-50(88-53-38(66)29(64)17-25(19-61)81-53)46(74)42(70)33(85-55)23-80-52-48(76)44(72)40(68)31(21-63)83-52)26-15-16-58(6)34-12-10-27-28(60(34,8)35(65)18-59(26,58)7)11-14-36(56(27,2)3)86-54-49(77)45(73)41(69)32(84-54)22-79-51-47(75)43(71)39(67)30(20-62)82-51/h10,24-26,28-55,61-78H,9,11-23H2,1-8H3/t24-,25+,26?,28?,29+,30-,31-,32-,33-,34?,35-,36+,37-,38-,39-,40-,41-,42-,43+,44+,45+,46+,47-,48-,49-,50-,51-,52-,53+,54+,55+,58+,59-,60+/m1/s1. The Morgan fingerprint density at radius 2 is 1.07 bits per heavy atom. The third-order valence-corrected chi connectivity index (χ3v) is 22.7. The van der Waals surface area contributed by atoms with E-state index in [2.05, 4.69) is 33.8 Å². The quantitative estimate of drug-likeness (QED) is 0.0512. The number of hydrogen-bond acceptors (Lipinski definition) is 28. The Kier molecular flexibility index (Phi) is 22.1. The van der Waals surface area contributed by atoms with Gasteiger partial charge in [-0.3, -0.25) is 0 Å². The second-order valence-corrected chi connectivity index (χ2v) is 28.6. The van der Waals surface area contributed by atoms with E-state index in [0.29, 0.717) is 32.1 Å². The summed E-state index contributed by atoms with van der Waals surface area (Å²) in [5.41, 5.74) is -2.38. The van der Waals surface area contributed by atoms with E-state index in [1.54, 1.807) is 0 Å². The van der Waals surface area contributed by atoms with Crippen molar-refractivity contribution in [1.29, 1.82) is 0 Å². The summed E-state index contributed by atoms with van der Waals surface area (Å²) in [7, 11) is 0. The van der Waals surface area contributed by atoms with Crippen molar-refractivity contribution in [3.8, 4) is 0 Å². The number of aliphatic hydroxyl groups excluding tert-OH is 17. The molecule has 0 aromatic heterocycles. The van der Waals surface area contributed by atoms with Crippen LogP contribution in [0.15, 0.2) is 11.6 Å². The summed E-state index contributed by atoms with van der Waals surface area (Å²) in [5.74, 6) is 0.0600. The van der Waals surface area contributed by atoms with Crippen LogP contribution in [0.4, 0.5) is 0 Å². The molecule has 5 saturated heterocycles. The molecule has 0 aromatic rings. The summed E-state index contributed by atoms with van der Waals surface area (Å²) in [5, 5.41) is 195. The van der Waals surface area contributed by atoms with Gasteiger partial charge in [0.2, 0.25) is 0 Å². The summed E-state index contributed by atoms with van der Waals surface area (Å²) in [4.78, 5) is 0. The first kappa shape index (κ1) is 70.9. The molecule has 88 heavy (non-hydrogen) atoms. The first-order valence-corrected chi connectivity index (χ1v) is 31.4. The maximum absolute atomic E-state index is 12.8. The number of ether oxygens (including phenoxy) is 10. The van der Waals surface area contributed by atoms with E-state index in [0.717, 1.165) is 18.4 Å². The topological polar surface area (TPSA) is 456 Å². The van der Waals surface area contributed by atoms with Crippen molar-refractivity contribution < 1.29 is 139 Å². The first-order chi connectivity index (χ1) is 41.2. The Balaban J connectivity index is 0.879. The fourth-order valence-electron chi connectivity index (χ4n) is 17.0. The monoisotopic (exact) mass is 1270 g/mol. The van der Waals surface area contributed by atoms with Crippen molar-refractivity contribution >= 4 is 0 Å². The third-order valence-electron chi connectivity index (χ3n) is 22.7. The van der Waals surface area contributed by atoms with E-state index in [9.17, 15) is 91.9 Å². The zero-order valence-electron chi connectivity index (χ0n) is 51.5. The van der Waals surface area contributed by atoms with Gasteiger partial charge in [-0.25, -0.2) is 0 Å². The van der Waals surface area contributed by atoms with Gasteiger partial charge >= 0.3 is 0 Å². The van der Waals surface area contributed by atoms with Gasteiger partial charge in [0.15, 0.2) is 31.5 Å². The average molecular weight is 1270 g/mol. The predicted octanol–water partition coefficient (Wildman–Crippen LogP) is -4.38. The molecule has 28 heteroatoms. The number of hydrogen-bond donors (Lipinski definition) is 18. The Morgan fingerprint density at radius 1 is 0.557 bits per heavy atom. The van der Waals surface area contributed by atoms with Gasteiger partial charge in [0.1, 0.15) is 104 Å². The van der Waals surface area contributed by atoms with E-state index >= 15 is 0 Å². The zero-order chi connectivity index (χ0) is 64.7. The fraction of sp³-hybridized carbons (Fsp3) is 0.967.